The van der Waals surface area contributed by atoms with Gasteiger partial charge in [0.25, 0.3) is 0 Å². The molecule has 6 heteroatoms. The lowest BCUT2D eigenvalue weighted by atomic mass is 9.71. The number of carbonyl (C=O) groups excluding carboxylic acids is 1. The fourth-order valence-corrected chi connectivity index (χ4v) is 4.95. The number of hydrogen-bond acceptors (Lipinski definition) is 6. The average Bonchev–Trinajstić information content (AvgIpc) is 3.11. The smallest absolute Gasteiger partial charge is 0.330 e. The highest BCUT2D eigenvalue weighted by atomic mass is 16.7. The first kappa shape index (κ1) is 31.0. The molecule has 0 aliphatic rings. The van der Waals surface area contributed by atoms with Crippen LogP contribution >= 0.6 is 0 Å². The number of rotatable bonds is 15. The van der Waals surface area contributed by atoms with Crippen molar-refractivity contribution in [3.8, 4) is 23.0 Å². The Balaban J connectivity index is 1.28. The number of hydrogen-bond donors (Lipinski definition) is 0. The van der Waals surface area contributed by atoms with Crippen LogP contribution in [0.4, 0.5) is 0 Å². The maximum atomic E-state index is 11.9. The second kappa shape index (κ2) is 15.3. The van der Waals surface area contributed by atoms with Gasteiger partial charge in [-0.2, -0.15) is 0 Å². The molecule has 0 aliphatic carbocycles. The minimum Gasteiger partial charge on any atom is -0.490 e. The van der Waals surface area contributed by atoms with Crippen LogP contribution in [0.3, 0.4) is 0 Å². The molecule has 0 spiro atoms. The highest BCUT2D eigenvalue weighted by molar-refractivity contribution is 5.81. The number of esters is 1. The van der Waals surface area contributed by atoms with Crippen molar-refractivity contribution < 1.29 is 28.5 Å². The van der Waals surface area contributed by atoms with Crippen molar-refractivity contribution in [2.24, 2.45) is 0 Å². The normalized spacial score (nSPS) is 12.6. The summed E-state index contributed by atoms with van der Waals surface area (Å²) < 4.78 is 28.8. The Morgan fingerprint density at radius 2 is 0.956 bits per heavy atom. The fourth-order valence-electron chi connectivity index (χ4n) is 4.95. The molecule has 45 heavy (non-hydrogen) atoms. The van der Waals surface area contributed by atoms with Gasteiger partial charge in [0.15, 0.2) is 6.10 Å². The summed E-state index contributed by atoms with van der Waals surface area (Å²) in [4.78, 5) is 11.9. The van der Waals surface area contributed by atoms with E-state index in [1.165, 1.54) is 0 Å². The quantitative estimate of drug-likeness (QED) is 0.0525. The molecule has 5 rings (SSSR count). The molecule has 2 atom stereocenters. The van der Waals surface area contributed by atoms with E-state index in [4.69, 9.17) is 23.7 Å². The first-order valence-electron chi connectivity index (χ1n) is 14.8. The van der Waals surface area contributed by atoms with E-state index in [2.05, 4.69) is 49.9 Å². The molecule has 0 saturated heterocycles. The van der Waals surface area contributed by atoms with Crippen LogP contribution in [0.25, 0.3) is 0 Å². The van der Waals surface area contributed by atoms with Gasteiger partial charge in [0, 0.05) is 11.5 Å². The highest BCUT2D eigenvalue weighted by Gasteiger charge is 2.31. The molecule has 0 aromatic heterocycles. The third-order valence-electron chi connectivity index (χ3n) is 7.47. The van der Waals surface area contributed by atoms with Crippen LogP contribution < -0.4 is 18.9 Å². The van der Waals surface area contributed by atoms with Crippen LogP contribution in [0, 0.1) is 0 Å². The largest absolute Gasteiger partial charge is 0.490 e. The molecule has 228 valence electrons. The molecule has 0 amide bonds. The van der Waals surface area contributed by atoms with Crippen molar-refractivity contribution in [2.45, 2.75) is 18.4 Å². The van der Waals surface area contributed by atoms with Gasteiger partial charge in [-0.1, -0.05) is 97.6 Å². The van der Waals surface area contributed by atoms with Gasteiger partial charge < -0.3 is 23.7 Å². The van der Waals surface area contributed by atoms with Gasteiger partial charge in [-0.3, -0.25) is 0 Å². The van der Waals surface area contributed by atoms with E-state index < -0.39 is 17.5 Å². The zero-order chi connectivity index (χ0) is 31.3. The summed E-state index contributed by atoms with van der Waals surface area (Å²) in [6, 6.07) is 45.4. The Labute approximate surface area is 264 Å². The zero-order valence-electron chi connectivity index (χ0n) is 25.2. The zero-order valence-corrected chi connectivity index (χ0v) is 25.2. The molecule has 0 N–H and O–H groups in total. The molecular formula is C39H36O6. The van der Waals surface area contributed by atoms with E-state index in [1.807, 2.05) is 103 Å². The Hall–Kier alpha value is -5.49. The Bertz CT molecular complexity index is 1620. The van der Waals surface area contributed by atoms with E-state index in [1.54, 1.807) is 0 Å². The molecule has 0 bridgehead atoms. The summed E-state index contributed by atoms with van der Waals surface area (Å²) in [5.41, 5.74) is 2.89. The summed E-state index contributed by atoms with van der Waals surface area (Å²) in [5.74, 6) is 2.27. The SMILES string of the molecule is C=CC(=O)OC(COc1ccccc1)COc1ccc(C(C)(c2ccccc2)c2ccc(OCOc3ccccc3)cc2)cc1. The third kappa shape index (κ3) is 8.33. The minimum absolute atomic E-state index is 0.118. The summed E-state index contributed by atoms with van der Waals surface area (Å²) in [7, 11) is 0. The Morgan fingerprint density at radius 3 is 1.42 bits per heavy atom. The van der Waals surface area contributed by atoms with Crippen LogP contribution in [0.15, 0.2) is 152 Å². The molecule has 0 radical (unpaired) electrons. The van der Waals surface area contributed by atoms with E-state index in [-0.39, 0.29) is 20.0 Å². The first-order valence-corrected chi connectivity index (χ1v) is 14.8. The summed E-state index contributed by atoms with van der Waals surface area (Å²) in [5, 5.41) is 0. The fraction of sp³-hybridized carbons (Fsp3) is 0.154. The highest BCUT2D eigenvalue weighted by Crippen LogP contribution is 2.40. The summed E-state index contributed by atoms with van der Waals surface area (Å²) >= 11 is 0. The van der Waals surface area contributed by atoms with Crippen molar-refractivity contribution >= 4 is 5.97 Å². The second-order valence-electron chi connectivity index (χ2n) is 10.5. The number of carbonyl (C=O) groups is 1. The number of ether oxygens (including phenoxy) is 5. The summed E-state index contributed by atoms with van der Waals surface area (Å²) in [6.45, 7) is 6.08. The topological polar surface area (TPSA) is 63.2 Å². The molecule has 5 aromatic rings. The number of benzene rings is 5. The Kier molecular flexibility index (Phi) is 10.5. The molecule has 6 nitrogen and oxygen atoms in total. The maximum absolute atomic E-state index is 11.9. The van der Waals surface area contributed by atoms with Gasteiger partial charge in [0.05, 0.1) is 0 Å². The molecule has 0 fully saturated rings. The minimum atomic E-state index is -0.621. The standard InChI is InChI=1S/C39H36O6/c1-3-38(40)45-37(27-41-33-15-9-5-10-16-33)28-42-35-23-19-31(20-24-35)39(2,30-13-7-4-8-14-30)32-21-25-36(26-22-32)44-29-43-34-17-11-6-12-18-34/h3-26,37H,1,27-29H2,2H3. The predicted octanol–water partition coefficient (Wildman–Crippen LogP) is 8.01. The van der Waals surface area contributed by atoms with Crippen LogP contribution in [0.5, 0.6) is 23.0 Å². The van der Waals surface area contributed by atoms with Gasteiger partial charge in [-0.25, -0.2) is 4.79 Å². The second-order valence-corrected chi connectivity index (χ2v) is 10.5. The van der Waals surface area contributed by atoms with Gasteiger partial charge in [0.1, 0.15) is 36.2 Å². The molecule has 5 aromatic carbocycles. The van der Waals surface area contributed by atoms with Gasteiger partial charge in [0.2, 0.25) is 6.79 Å². The van der Waals surface area contributed by atoms with Gasteiger partial charge in [-0.15, -0.1) is 0 Å². The van der Waals surface area contributed by atoms with Crippen LogP contribution in [0.2, 0.25) is 0 Å². The molecule has 0 saturated carbocycles. The predicted molar refractivity (Wildman–Crippen MR) is 175 cm³/mol. The molecular weight excluding hydrogens is 564 g/mol. The lowest BCUT2D eigenvalue weighted by molar-refractivity contribution is -0.146. The van der Waals surface area contributed by atoms with E-state index in [0.717, 1.165) is 34.3 Å². The van der Waals surface area contributed by atoms with Crippen LogP contribution in [-0.2, 0) is 14.9 Å². The monoisotopic (exact) mass is 600 g/mol. The first-order chi connectivity index (χ1) is 22.0. The van der Waals surface area contributed by atoms with Gasteiger partial charge >= 0.3 is 5.97 Å². The van der Waals surface area contributed by atoms with Crippen molar-refractivity contribution in [1.29, 1.82) is 0 Å². The van der Waals surface area contributed by atoms with Crippen molar-refractivity contribution in [3.63, 3.8) is 0 Å². The third-order valence-corrected chi connectivity index (χ3v) is 7.47. The van der Waals surface area contributed by atoms with Crippen molar-refractivity contribution in [1.82, 2.24) is 0 Å². The van der Waals surface area contributed by atoms with E-state index >= 15 is 0 Å². The maximum Gasteiger partial charge on any atom is 0.330 e. The molecule has 0 heterocycles. The lowest BCUT2D eigenvalue weighted by Crippen LogP contribution is -2.30. The van der Waals surface area contributed by atoms with E-state index in [0.29, 0.717) is 11.5 Å². The summed E-state index contributed by atoms with van der Waals surface area (Å²) in [6.07, 6.45) is 0.509. The molecule has 2 unspecified atom stereocenters. The van der Waals surface area contributed by atoms with Crippen molar-refractivity contribution in [2.75, 3.05) is 20.0 Å². The van der Waals surface area contributed by atoms with Crippen molar-refractivity contribution in [3.05, 3.63) is 169 Å². The van der Waals surface area contributed by atoms with Crippen LogP contribution in [0.1, 0.15) is 23.6 Å². The van der Waals surface area contributed by atoms with Crippen LogP contribution in [-0.4, -0.2) is 32.1 Å². The van der Waals surface area contributed by atoms with Gasteiger partial charge in [-0.05, 0) is 72.1 Å². The lowest BCUT2D eigenvalue weighted by Gasteiger charge is -2.32. The molecule has 0 aliphatic heterocycles. The average molecular weight is 601 g/mol. The van der Waals surface area contributed by atoms with E-state index in [9.17, 15) is 4.79 Å². The Morgan fingerprint density at radius 1 is 0.578 bits per heavy atom. The number of para-hydroxylation sites is 2.